The quantitative estimate of drug-likeness (QED) is 0.696. The highest BCUT2D eigenvalue weighted by Crippen LogP contribution is 2.35. The highest BCUT2D eigenvalue weighted by Gasteiger charge is 2.35. The van der Waals surface area contributed by atoms with E-state index in [1.165, 1.54) is 0 Å². The third kappa shape index (κ3) is 1.48. The molecule has 0 aromatic carbocycles. The summed E-state index contributed by atoms with van der Waals surface area (Å²) in [5.74, 6) is 0.400. The first-order valence-corrected chi connectivity index (χ1v) is 5.08. The highest BCUT2D eigenvalue weighted by molar-refractivity contribution is 6.28. The Hall–Kier alpha value is -1.84. The van der Waals surface area contributed by atoms with Gasteiger partial charge >= 0.3 is 0 Å². The van der Waals surface area contributed by atoms with Crippen molar-refractivity contribution in [2.45, 2.75) is 12.8 Å². The average molecular weight is 201 g/mol. The van der Waals surface area contributed by atoms with Gasteiger partial charge in [0, 0.05) is 17.8 Å². The molecule has 4 heteroatoms. The van der Waals surface area contributed by atoms with Crippen LogP contribution in [-0.4, -0.2) is 16.6 Å². The number of nitrogens with one attached hydrogen (secondary N) is 2. The molecule has 2 N–H and O–H groups in total. The van der Waals surface area contributed by atoms with E-state index in [2.05, 4.69) is 15.5 Å². The minimum Gasteiger partial charge on any atom is -0.362 e. The number of carbonyl (C=O) groups excluding carboxylic acids is 1. The first-order valence-electron chi connectivity index (χ1n) is 5.08. The van der Waals surface area contributed by atoms with Gasteiger partial charge in [-0.15, -0.1) is 0 Å². The molecule has 0 atom stereocenters. The minimum atomic E-state index is -0.0912. The molecular weight excluding hydrogens is 190 g/mol. The second-order valence-corrected chi connectivity index (χ2v) is 3.90. The molecule has 0 spiro atoms. The van der Waals surface area contributed by atoms with Crippen molar-refractivity contribution in [3.05, 3.63) is 29.6 Å². The van der Waals surface area contributed by atoms with Crippen molar-refractivity contribution in [1.29, 1.82) is 0 Å². The fourth-order valence-electron chi connectivity index (χ4n) is 1.74. The molecule has 2 heterocycles. The van der Waals surface area contributed by atoms with Crippen molar-refractivity contribution in [3.8, 4) is 0 Å². The summed E-state index contributed by atoms with van der Waals surface area (Å²) in [5, 5.41) is 4.08. The molecule has 1 saturated carbocycles. The number of aromatic nitrogens is 1. The molecule has 1 aromatic heterocycles. The lowest BCUT2D eigenvalue weighted by Crippen LogP contribution is -2.13. The van der Waals surface area contributed by atoms with Gasteiger partial charge in [0.1, 0.15) is 0 Å². The maximum Gasteiger partial charge on any atom is 0.273 e. The molecule has 0 unspecified atom stereocenters. The second-order valence-electron chi connectivity index (χ2n) is 3.90. The van der Waals surface area contributed by atoms with Crippen LogP contribution in [0.5, 0.6) is 0 Å². The van der Waals surface area contributed by atoms with Crippen molar-refractivity contribution < 1.29 is 4.79 Å². The lowest BCUT2D eigenvalue weighted by atomic mass is 10.1. The fraction of sp³-hybridized carbons (Fsp3) is 0.273. The molecule has 0 saturated heterocycles. The summed E-state index contributed by atoms with van der Waals surface area (Å²) in [5.41, 5.74) is 5.09. The van der Waals surface area contributed by atoms with E-state index >= 15 is 0 Å². The Morgan fingerprint density at radius 2 is 2.33 bits per heavy atom. The zero-order chi connectivity index (χ0) is 10.3. The van der Waals surface area contributed by atoms with Crippen LogP contribution in [0.15, 0.2) is 29.0 Å². The minimum absolute atomic E-state index is 0.0912. The van der Waals surface area contributed by atoms with E-state index in [-0.39, 0.29) is 5.91 Å². The molecule has 1 amide bonds. The number of rotatable bonds is 2. The van der Waals surface area contributed by atoms with Crippen LogP contribution in [0, 0.1) is 5.92 Å². The summed E-state index contributed by atoms with van der Waals surface area (Å²) in [6.07, 6.45) is 6.00. The molecule has 0 radical (unpaired) electrons. The SMILES string of the molecule is O=C1NN=C(C2CC2)/C1=C\c1ccc[nH]1. The van der Waals surface area contributed by atoms with Crippen LogP contribution in [0.25, 0.3) is 6.08 Å². The number of nitrogens with zero attached hydrogens (tertiary/aromatic N) is 1. The molecule has 1 aromatic rings. The van der Waals surface area contributed by atoms with E-state index in [0.717, 1.165) is 24.2 Å². The third-order valence-corrected chi connectivity index (χ3v) is 2.68. The average Bonchev–Trinajstić information content (AvgIpc) is 2.82. The normalized spacial score (nSPS) is 23.1. The number of H-pyrrole nitrogens is 1. The lowest BCUT2D eigenvalue weighted by molar-refractivity contribution is -0.116. The van der Waals surface area contributed by atoms with Crippen LogP contribution >= 0.6 is 0 Å². The number of hydrogen-bond acceptors (Lipinski definition) is 2. The molecular formula is C11H11N3O. The van der Waals surface area contributed by atoms with E-state index in [1.54, 1.807) is 0 Å². The summed E-state index contributed by atoms with van der Waals surface area (Å²) >= 11 is 0. The van der Waals surface area contributed by atoms with Crippen LogP contribution in [-0.2, 0) is 4.79 Å². The molecule has 2 aliphatic rings. The summed E-state index contributed by atoms with van der Waals surface area (Å²) in [6.45, 7) is 0. The second kappa shape index (κ2) is 3.08. The molecule has 76 valence electrons. The van der Waals surface area contributed by atoms with Crippen LogP contribution in [0.4, 0.5) is 0 Å². The zero-order valence-electron chi connectivity index (χ0n) is 8.16. The Bertz CT molecular complexity index is 452. The lowest BCUT2D eigenvalue weighted by Gasteiger charge is -1.96. The van der Waals surface area contributed by atoms with E-state index in [9.17, 15) is 4.79 Å². The Labute approximate surface area is 87.1 Å². The van der Waals surface area contributed by atoms with E-state index in [0.29, 0.717) is 11.5 Å². The van der Waals surface area contributed by atoms with Gasteiger partial charge in [0.2, 0.25) is 0 Å². The Morgan fingerprint density at radius 3 is 3.00 bits per heavy atom. The monoisotopic (exact) mass is 201 g/mol. The van der Waals surface area contributed by atoms with Crippen molar-refractivity contribution >= 4 is 17.7 Å². The van der Waals surface area contributed by atoms with Crippen LogP contribution in [0.3, 0.4) is 0 Å². The molecule has 1 aliphatic carbocycles. The van der Waals surface area contributed by atoms with Gasteiger partial charge in [-0.1, -0.05) is 0 Å². The van der Waals surface area contributed by atoms with Gasteiger partial charge in [0.05, 0.1) is 11.3 Å². The smallest absolute Gasteiger partial charge is 0.273 e. The van der Waals surface area contributed by atoms with Gasteiger partial charge in [-0.05, 0) is 31.1 Å². The van der Waals surface area contributed by atoms with Crippen molar-refractivity contribution in [3.63, 3.8) is 0 Å². The molecule has 15 heavy (non-hydrogen) atoms. The number of carbonyl (C=O) groups is 1. The number of amides is 1. The predicted molar refractivity (Wildman–Crippen MR) is 57.1 cm³/mol. The van der Waals surface area contributed by atoms with E-state index in [1.807, 2.05) is 24.4 Å². The standard InChI is InChI=1S/C11H11N3O/c15-11-9(6-8-2-1-5-12-8)10(13-14-11)7-3-4-7/h1-2,5-7,12H,3-4H2,(H,14,15)/b9-6+. The van der Waals surface area contributed by atoms with Gasteiger partial charge in [0.15, 0.2) is 0 Å². The van der Waals surface area contributed by atoms with Gasteiger partial charge in [-0.25, -0.2) is 5.43 Å². The molecule has 1 aliphatic heterocycles. The summed E-state index contributed by atoms with van der Waals surface area (Å²) < 4.78 is 0. The largest absolute Gasteiger partial charge is 0.362 e. The zero-order valence-corrected chi connectivity index (χ0v) is 8.16. The number of hydrogen-bond donors (Lipinski definition) is 2. The van der Waals surface area contributed by atoms with Crippen LogP contribution in [0.2, 0.25) is 0 Å². The first-order chi connectivity index (χ1) is 7.34. The van der Waals surface area contributed by atoms with Crippen LogP contribution in [0.1, 0.15) is 18.5 Å². The molecule has 1 fully saturated rings. The molecule has 0 bridgehead atoms. The van der Waals surface area contributed by atoms with Gasteiger partial charge in [0.25, 0.3) is 5.91 Å². The Morgan fingerprint density at radius 1 is 1.47 bits per heavy atom. The van der Waals surface area contributed by atoms with Gasteiger partial charge in [-0.3, -0.25) is 4.79 Å². The van der Waals surface area contributed by atoms with Crippen molar-refractivity contribution in [2.75, 3.05) is 0 Å². The Kier molecular flexibility index (Phi) is 1.74. The van der Waals surface area contributed by atoms with E-state index < -0.39 is 0 Å². The highest BCUT2D eigenvalue weighted by atomic mass is 16.2. The predicted octanol–water partition coefficient (Wildman–Crippen LogP) is 1.29. The fourth-order valence-corrected chi connectivity index (χ4v) is 1.74. The molecule has 4 nitrogen and oxygen atoms in total. The van der Waals surface area contributed by atoms with Crippen molar-refractivity contribution in [1.82, 2.24) is 10.4 Å². The summed E-state index contributed by atoms with van der Waals surface area (Å²) in [6, 6.07) is 3.84. The Balaban J connectivity index is 1.95. The third-order valence-electron chi connectivity index (χ3n) is 2.68. The number of hydrazone groups is 1. The van der Waals surface area contributed by atoms with Crippen molar-refractivity contribution in [2.24, 2.45) is 11.0 Å². The molecule has 3 rings (SSSR count). The van der Waals surface area contributed by atoms with Gasteiger partial charge in [-0.2, -0.15) is 5.10 Å². The van der Waals surface area contributed by atoms with E-state index in [4.69, 9.17) is 0 Å². The maximum atomic E-state index is 11.5. The summed E-state index contributed by atoms with van der Waals surface area (Å²) in [7, 11) is 0. The first kappa shape index (κ1) is 8.47. The van der Waals surface area contributed by atoms with Crippen LogP contribution < -0.4 is 5.43 Å². The number of aromatic amines is 1. The topological polar surface area (TPSA) is 57.2 Å². The maximum absolute atomic E-state index is 11.5. The summed E-state index contributed by atoms with van der Waals surface area (Å²) in [4.78, 5) is 14.6. The van der Waals surface area contributed by atoms with Gasteiger partial charge < -0.3 is 4.98 Å².